The van der Waals surface area contributed by atoms with Gasteiger partial charge in [0.15, 0.2) is 0 Å². The molecule has 1 fully saturated rings. The van der Waals surface area contributed by atoms with Crippen LogP contribution in [0.2, 0.25) is 0 Å². The molecule has 4 nitrogen and oxygen atoms in total. The van der Waals surface area contributed by atoms with Crippen LogP contribution in [0.3, 0.4) is 0 Å². The highest BCUT2D eigenvalue weighted by Gasteiger charge is 2.16. The van der Waals surface area contributed by atoms with Crippen molar-refractivity contribution in [2.45, 2.75) is 19.3 Å². The number of rotatable bonds is 3. The summed E-state index contributed by atoms with van der Waals surface area (Å²) in [6.45, 7) is 1.01. The Kier molecular flexibility index (Phi) is 4.00. The van der Waals surface area contributed by atoms with Crippen LogP contribution in [0.25, 0.3) is 0 Å². The molecule has 0 bridgehead atoms. The zero-order valence-electron chi connectivity index (χ0n) is 8.03. The molecule has 0 aromatic carbocycles. The molecule has 0 radical (unpaired) electrons. The molecule has 0 unspecified atom stereocenters. The monoisotopic (exact) mass is 212 g/mol. The topological polar surface area (TPSA) is 63.8 Å². The van der Waals surface area contributed by atoms with E-state index in [4.69, 9.17) is 5.73 Å². The Hall–Kier alpha value is -0.970. The van der Waals surface area contributed by atoms with Crippen LogP contribution in [0.5, 0.6) is 0 Å². The fourth-order valence-corrected chi connectivity index (χ4v) is 1.42. The summed E-state index contributed by atoms with van der Waals surface area (Å²) in [4.78, 5) is 7.89. The lowest BCUT2D eigenvalue weighted by Crippen LogP contribution is -2.21. The van der Waals surface area contributed by atoms with Crippen molar-refractivity contribution in [2.24, 2.45) is 5.92 Å². The molecule has 0 amide bonds. The molecule has 1 aliphatic carbocycles. The van der Waals surface area contributed by atoms with Crippen LogP contribution in [0, 0.1) is 5.92 Å². The van der Waals surface area contributed by atoms with Crippen LogP contribution in [-0.4, -0.2) is 16.5 Å². The van der Waals surface area contributed by atoms with Crippen molar-refractivity contribution in [3.05, 3.63) is 12.3 Å². The first kappa shape index (κ1) is 11.1. The van der Waals surface area contributed by atoms with Gasteiger partial charge in [0.05, 0.1) is 0 Å². The maximum atomic E-state index is 5.45. The minimum Gasteiger partial charge on any atom is -0.370 e. The van der Waals surface area contributed by atoms with Crippen molar-refractivity contribution in [1.29, 1.82) is 0 Å². The molecule has 14 heavy (non-hydrogen) atoms. The molecule has 2 rings (SSSR count). The van der Waals surface area contributed by atoms with Crippen LogP contribution >= 0.6 is 13.5 Å². The summed E-state index contributed by atoms with van der Waals surface area (Å²) in [6.07, 6.45) is 5.73. The smallest absolute Gasteiger partial charge is 0.221 e. The highest BCUT2D eigenvalue weighted by molar-refractivity contribution is 7.59. The van der Waals surface area contributed by atoms with Crippen molar-refractivity contribution in [3.63, 3.8) is 0 Å². The predicted octanol–water partition coefficient (Wildman–Crippen LogP) is 1.38. The van der Waals surface area contributed by atoms with Crippen LogP contribution < -0.4 is 11.1 Å². The fourth-order valence-electron chi connectivity index (χ4n) is 1.42. The molecule has 1 aromatic heterocycles. The van der Waals surface area contributed by atoms with Crippen molar-refractivity contribution in [3.8, 4) is 0 Å². The van der Waals surface area contributed by atoms with E-state index in [1.807, 2.05) is 6.07 Å². The third kappa shape index (κ3) is 2.77. The minimum absolute atomic E-state index is 0. The van der Waals surface area contributed by atoms with Gasteiger partial charge in [0, 0.05) is 12.7 Å². The van der Waals surface area contributed by atoms with E-state index < -0.39 is 0 Å². The highest BCUT2D eigenvalue weighted by atomic mass is 32.1. The van der Waals surface area contributed by atoms with Gasteiger partial charge in [-0.1, -0.05) is 6.42 Å². The molecular formula is C9H16N4S. The molecule has 3 N–H and O–H groups in total. The molecule has 1 aliphatic rings. The maximum Gasteiger partial charge on any atom is 0.221 e. The zero-order chi connectivity index (χ0) is 9.10. The number of nitrogen functional groups attached to an aromatic ring is 1. The number of nitrogens with zero attached hydrogens (tertiary/aromatic N) is 2. The van der Waals surface area contributed by atoms with Crippen LogP contribution in [0.4, 0.5) is 11.8 Å². The van der Waals surface area contributed by atoms with Gasteiger partial charge >= 0.3 is 0 Å². The van der Waals surface area contributed by atoms with E-state index in [0.29, 0.717) is 5.95 Å². The molecule has 78 valence electrons. The quantitative estimate of drug-likeness (QED) is 0.794. The van der Waals surface area contributed by atoms with Crippen molar-refractivity contribution in [2.75, 3.05) is 17.6 Å². The molecule has 0 aliphatic heterocycles. The second kappa shape index (κ2) is 5.05. The Balaban J connectivity index is 0.000000980. The Labute approximate surface area is 90.8 Å². The van der Waals surface area contributed by atoms with Gasteiger partial charge in [-0.15, -0.1) is 0 Å². The Morgan fingerprint density at radius 3 is 2.86 bits per heavy atom. The van der Waals surface area contributed by atoms with E-state index in [9.17, 15) is 0 Å². The Morgan fingerprint density at radius 1 is 1.50 bits per heavy atom. The van der Waals surface area contributed by atoms with Gasteiger partial charge in [0.2, 0.25) is 5.95 Å². The van der Waals surface area contributed by atoms with Gasteiger partial charge in [0.25, 0.3) is 0 Å². The largest absolute Gasteiger partial charge is 0.370 e. The summed E-state index contributed by atoms with van der Waals surface area (Å²) in [5, 5.41) is 3.26. The summed E-state index contributed by atoms with van der Waals surface area (Å²) in [5.74, 6) is 1.99. The number of hydrogen-bond acceptors (Lipinski definition) is 4. The summed E-state index contributed by atoms with van der Waals surface area (Å²) >= 11 is 0. The lowest BCUT2D eigenvalue weighted by atomic mass is 9.85. The lowest BCUT2D eigenvalue weighted by molar-refractivity contribution is 0.333. The molecule has 1 saturated carbocycles. The maximum absolute atomic E-state index is 5.45. The normalized spacial score (nSPS) is 15.4. The Bertz CT molecular complexity index is 288. The third-order valence-electron chi connectivity index (χ3n) is 2.47. The first-order valence-electron chi connectivity index (χ1n) is 4.67. The summed E-state index contributed by atoms with van der Waals surface area (Å²) in [5.41, 5.74) is 5.45. The second-order valence-electron chi connectivity index (χ2n) is 3.48. The summed E-state index contributed by atoms with van der Waals surface area (Å²) in [7, 11) is 0. The molecule has 1 aromatic rings. The summed E-state index contributed by atoms with van der Waals surface area (Å²) in [6, 6.07) is 1.84. The number of anilines is 2. The standard InChI is InChI=1S/C9H14N4.H2S/c10-9-11-5-4-8(13-9)12-6-7-2-1-3-7;/h4-5,7H,1-3,6H2,(H3,10,11,12,13);1H2. The van der Waals surface area contributed by atoms with Gasteiger partial charge in [0.1, 0.15) is 5.82 Å². The highest BCUT2D eigenvalue weighted by Crippen LogP contribution is 2.26. The van der Waals surface area contributed by atoms with Gasteiger partial charge in [-0.05, 0) is 24.8 Å². The van der Waals surface area contributed by atoms with Crippen molar-refractivity contribution < 1.29 is 0 Å². The number of nitrogens with two attached hydrogens (primary N) is 1. The van der Waals surface area contributed by atoms with E-state index in [1.54, 1.807) is 6.20 Å². The average molecular weight is 212 g/mol. The summed E-state index contributed by atoms with van der Waals surface area (Å²) < 4.78 is 0. The van der Waals surface area contributed by atoms with Crippen LogP contribution in [0.15, 0.2) is 12.3 Å². The van der Waals surface area contributed by atoms with Gasteiger partial charge < -0.3 is 11.1 Å². The molecular weight excluding hydrogens is 196 g/mol. The zero-order valence-corrected chi connectivity index (χ0v) is 9.03. The molecule has 0 atom stereocenters. The number of nitrogens with one attached hydrogen (secondary N) is 1. The van der Waals surface area contributed by atoms with E-state index >= 15 is 0 Å². The molecule has 0 spiro atoms. The SMILES string of the molecule is Nc1nccc(NCC2CCC2)n1.S. The van der Waals surface area contributed by atoms with Crippen LogP contribution in [0.1, 0.15) is 19.3 Å². The minimum atomic E-state index is 0. The van der Waals surface area contributed by atoms with E-state index in [-0.39, 0.29) is 13.5 Å². The molecule has 1 heterocycles. The Morgan fingerprint density at radius 2 is 2.29 bits per heavy atom. The molecule has 5 heteroatoms. The first-order valence-corrected chi connectivity index (χ1v) is 4.67. The van der Waals surface area contributed by atoms with E-state index in [1.165, 1.54) is 19.3 Å². The van der Waals surface area contributed by atoms with E-state index in [2.05, 4.69) is 15.3 Å². The van der Waals surface area contributed by atoms with Crippen molar-refractivity contribution in [1.82, 2.24) is 9.97 Å². The van der Waals surface area contributed by atoms with Crippen LogP contribution in [-0.2, 0) is 0 Å². The van der Waals surface area contributed by atoms with Gasteiger partial charge in [-0.2, -0.15) is 18.5 Å². The van der Waals surface area contributed by atoms with Gasteiger partial charge in [-0.25, -0.2) is 4.98 Å². The second-order valence-corrected chi connectivity index (χ2v) is 3.48. The van der Waals surface area contributed by atoms with E-state index in [0.717, 1.165) is 18.3 Å². The lowest BCUT2D eigenvalue weighted by Gasteiger charge is -2.25. The first-order chi connectivity index (χ1) is 6.34. The predicted molar refractivity (Wildman–Crippen MR) is 62.7 cm³/mol. The number of aromatic nitrogens is 2. The third-order valence-corrected chi connectivity index (χ3v) is 2.47. The van der Waals surface area contributed by atoms with Gasteiger partial charge in [-0.3, -0.25) is 0 Å². The fraction of sp³-hybridized carbons (Fsp3) is 0.556. The molecule has 0 saturated heterocycles. The average Bonchev–Trinajstić information content (AvgIpc) is 2.01. The van der Waals surface area contributed by atoms with Crippen molar-refractivity contribution >= 4 is 25.3 Å². The number of hydrogen-bond donors (Lipinski definition) is 2.